The highest BCUT2D eigenvalue weighted by Crippen LogP contribution is 2.24. The van der Waals surface area contributed by atoms with Gasteiger partial charge in [0.2, 0.25) is 0 Å². The molecule has 0 bridgehead atoms. The predicted octanol–water partition coefficient (Wildman–Crippen LogP) is 2.33. The van der Waals surface area contributed by atoms with Gasteiger partial charge in [-0.2, -0.15) is 0 Å². The van der Waals surface area contributed by atoms with E-state index in [4.69, 9.17) is 5.73 Å². The molecule has 0 saturated carbocycles. The molecule has 1 aromatic carbocycles. The molecule has 0 unspecified atom stereocenters. The number of rotatable bonds is 3. The predicted molar refractivity (Wildman–Crippen MR) is 72.3 cm³/mol. The Morgan fingerprint density at radius 1 is 1.00 bits per heavy atom. The van der Waals surface area contributed by atoms with Crippen molar-refractivity contribution < 1.29 is 0 Å². The number of nitrogens with two attached hydrogens (primary N) is 1. The van der Waals surface area contributed by atoms with E-state index in [1.54, 1.807) is 0 Å². The van der Waals surface area contributed by atoms with Crippen molar-refractivity contribution in [1.29, 1.82) is 0 Å². The molecule has 2 N–H and O–H groups in total. The summed E-state index contributed by atoms with van der Waals surface area (Å²) in [5, 5.41) is 0. The lowest BCUT2D eigenvalue weighted by atomic mass is 10.1. The fraction of sp³-hybridized carbons (Fsp3) is 0.333. The summed E-state index contributed by atoms with van der Waals surface area (Å²) in [5.74, 6) is 1.58. The lowest BCUT2D eigenvalue weighted by Gasteiger charge is -2.06. The fourth-order valence-electron chi connectivity index (χ4n) is 2.53. The molecule has 1 aliphatic rings. The molecule has 1 aliphatic carbocycles. The van der Waals surface area contributed by atoms with Crippen LogP contribution < -0.4 is 5.73 Å². The van der Waals surface area contributed by atoms with Crippen molar-refractivity contribution in [3.63, 3.8) is 0 Å². The molecule has 0 spiro atoms. The first-order chi connectivity index (χ1) is 8.83. The van der Waals surface area contributed by atoms with Gasteiger partial charge in [0.05, 0.1) is 0 Å². The zero-order valence-corrected chi connectivity index (χ0v) is 10.4. The lowest BCUT2D eigenvalue weighted by molar-refractivity contribution is 0.836. The molecule has 0 atom stereocenters. The van der Waals surface area contributed by atoms with Crippen LogP contribution >= 0.6 is 0 Å². The first-order valence-electron chi connectivity index (χ1n) is 6.51. The molecule has 0 amide bonds. The van der Waals surface area contributed by atoms with Gasteiger partial charge in [-0.3, -0.25) is 0 Å². The Morgan fingerprint density at radius 2 is 1.83 bits per heavy atom. The van der Waals surface area contributed by atoms with E-state index in [0.29, 0.717) is 5.82 Å². The summed E-state index contributed by atoms with van der Waals surface area (Å²) in [6.45, 7) is 0. The maximum absolute atomic E-state index is 5.99. The monoisotopic (exact) mass is 239 g/mol. The van der Waals surface area contributed by atoms with Crippen molar-refractivity contribution in [3.05, 3.63) is 53.0 Å². The minimum atomic E-state index is 0.695. The Hall–Kier alpha value is -1.90. The normalized spacial score (nSPS) is 13.6. The molecule has 0 radical (unpaired) electrons. The molecule has 0 aliphatic heterocycles. The van der Waals surface area contributed by atoms with Gasteiger partial charge < -0.3 is 5.73 Å². The molecule has 3 heteroatoms. The number of aryl methyl sites for hydroxylation is 3. The highest BCUT2D eigenvalue weighted by Gasteiger charge is 2.17. The largest absolute Gasteiger partial charge is 0.383 e. The number of hydrogen-bond acceptors (Lipinski definition) is 3. The summed E-state index contributed by atoms with van der Waals surface area (Å²) < 4.78 is 0. The van der Waals surface area contributed by atoms with Gasteiger partial charge in [0.15, 0.2) is 0 Å². The van der Waals surface area contributed by atoms with E-state index in [0.717, 1.165) is 37.9 Å². The zero-order chi connectivity index (χ0) is 12.4. The molecule has 0 fully saturated rings. The Balaban J connectivity index is 1.76. The van der Waals surface area contributed by atoms with Gasteiger partial charge in [0.25, 0.3) is 0 Å². The molecule has 1 aromatic heterocycles. The molecular weight excluding hydrogens is 222 g/mol. The van der Waals surface area contributed by atoms with Crippen molar-refractivity contribution in [3.8, 4) is 0 Å². The highest BCUT2D eigenvalue weighted by molar-refractivity contribution is 5.44. The maximum Gasteiger partial charge on any atom is 0.131 e. The lowest BCUT2D eigenvalue weighted by Crippen LogP contribution is -2.06. The standard InChI is InChI=1S/C15H17N3/c16-15-12-7-4-8-13(12)17-14(18-15)10-9-11-5-2-1-3-6-11/h1-3,5-6H,4,7-10H2,(H2,16,17,18). The van der Waals surface area contributed by atoms with E-state index in [9.17, 15) is 0 Å². The van der Waals surface area contributed by atoms with Crippen LogP contribution in [0.25, 0.3) is 0 Å². The average molecular weight is 239 g/mol. The molecule has 0 saturated heterocycles. The van der Waals surface area contributed by atoms with E-state index >= 15 is 0 Å². The molecule has 1 heterocycles. The van der Waals surface area contributed by atoms with Gasteiger partial charge >= 0.3 is 0 Å². The number of hydrogen-bond donors (Lipinski definition) is 1. The summed E-state index contributed by atoms with van der Waals surface area (Å²) >= 11 is 0. The van der Waals surface area contributed by atoms with Crippen molar-refractivity contribution >= 4 is 5.82 Å². The zero-order valence-electron chi connectivity index (χ0n) is 10.4. The first-order valence-corrected chi connectivity index (χ1v) is 6.51. The summed E-state index contributed by atoms with van der Waals surface area (Å²) in [6, 6.07) is 10.4. The van der Waals surface area contributed by atoms with E-state index in [2.05, 4.69) is 34.2 Å². The van der Waals surface area contributed by atoms with E-state index in [1.165, 1.54) is 16.8 Å². The van der Waals surface area contributed by atoms with Crippen LogP contribution in [0.5, 0.6) is 0 Å². The summed E-state index contributed by atoms with van der Waals surface area (Å²) in [6.07, 6.45) is 5.09. The number of benzene rings is 1. The second kappa shape index (κ2) is 4.77. The Labute approximate surface area is 107 Å². The highest BCUT2D eigenvalue weighted by atomic mass is 15.0. The van der Waals surface area contributed by atoms with Gasteiger partial charge in [0, 0.05) is 17.7 Å². The summed E-state index contributed by atoms with van der Waals surface area (Å²) in [4.78, 5) is 9.06. The van der Waals surface area contributed by atoms with E-state index in [-0.39, 0.29) is 0 Å². The smallest absolute Gasteiger partial charge is 0.131 e. The SMILES string of the molecule is Nc1nc(CCc2ccccc2)nc2c1CCC2. The number of fused-ring (bicyclic) bond motifs is 1. The second-order valence-corrected chi connectivity index (χ2v) is 4.79. The van der Waals surface area contributed by atoms with Crippen LogP contribution in [0.15, 0.2) is 30.3 Å². The van der Waals surface area contributed by atoms with Gasteiger partial charge in [-0.05, 0) is 31.2 Å². The molecule has 92 valence electrons. The van der Waals surface area contributed by atoms with Crippen LogP contribution in [-0.4, -0.2) is 9.97 Å². The quantitative estimate of drug-likeness (QED) is 0.894. The third-order valence-corrected chi connectivity index (χ3v) is 3.49. The number of aromatic nitrogens is 2. The Bertz CT molecular complexity index is 549. The fourth-order valence-corrected chi connectivity index (χ4v) is 2.53. The molecule has 2 aromatic rings. The Kier molecular flexibility index (Phi) is 2.97. The van der Waals surface area contributed by atoms with Gasteiger partial charge in [0.1, 0.15) is 11.6 Å². The van der Waals surface area contributed by atoms with Gasteiger partial charge in [-0.15, -0.1) is 0 Å². The third kappa shape index (κ3) is 2.21. The molecular formula is C15H17N3. The van der Waals surface area contributed by atoms with Crippen molar-refractivity contribution in [1.82, 2.24) is 9.97 Å². The first kappa shape index (κ1) is 11.2. The van der Waals surface area contributed by atoms with Crippen LogP contribution in [0.1, 0.15) is 29.1 Å². The van der Waals surface area contributed by atoms with Gasteiger partial charge in [-0.25, -0.2) is 9.97 Å². The number of nitrogens with zero attached hydrogens (tertiary/aromatic N) is 2. The van der Waals surface area contributed by atoms with Crippen LogP contribution in [0.3, 0.4) is 0 Å². The van der Waals surface area contributed by atoms with Crippen LogP contribution in [0.2, 0.25) is 0 Å². The van der Waals surface area contributed by atoms with Crippen LogP contribution in [0.4, 0.5) is 5.82 Å². The third-order valence-electron chi connectivity index (χ3n) is 3.49. The topological polar surface area (TPSA) is 51.8 Å². The van der Waals surface area contributed by atoms with E-state index in [1.807, 2.05) is 6.07 Å². The van der Waals surface area contributed by atoms with Crippen LogP contribution in [-0.2, 0) is 25.7 Å². The van der Waals surface area contributed by atoms with Crippen molar-refractivity contribution in [2.24, 2.45) is 0 Å². The van der Waals surface area contributed by atoms with Crippen LogP contribution in [0, 0.1) is 0 Å². The minimum Gasteiger partial charge on any atom is -0.383 e. The van der Waals surface area contributed by atoms with Gasteiger partial charge in [-0.1, -0.05) is 30.3 Å². The number of nitrogen functional groups attached to an aromatic ring is 1. The second-order valence-electron chi connectivity index (χ2n) is 4.79. The molecule has 3 nitrogen and oxygen atoms in total. The summed E-state index contributed by atoms with van der Waals surface area (Å²) in [7, 11) is 0. The Morgan fingerprint density at radius 3 is 2.67 bits per heavy atom. The van der Waals surface area contributed by atoms with E-state index < -0.39 is 0 Å². The molecule has 18 heavy (non-hydrogen) atoms. The average Bonchev–Trinajstić information content (AvgIpc) is 2.86. The molecule has 3 rings (SSSR count). The van der Waals surface area contributed by atoms with Crippen molar-refractivity contribution in [2.75, 3.05) is 5.73 Å². The van der Waals surface area contributed by atoms with Crippen molar-refractivity contribution in [2.45, 2.75) is 32.1 Å². The maximum atomic E-state index is 5.99. The minimum absolute atomic E-state index is 0.695. The summed E-state index contributed by atoms with van der Waals surface area (Å²) in [5.41, 5.74) is 9.66. The number of anilines is 1.